The van der Waals surface area contributed by atoms with Crippen molar-refractivity contribution in [3.05, 3.63) is 206 Å². The molecule has 10 aromatic carbocycles. The van der Waals surface area contributed by atoms with E-state index in [1.165, 1.54) is 21.5 Å². The fourth-order valence-corrected chi connectivity index (χ4v) is 9.58. The van der Waals surface area contributed by atoms with Gasteiger partial charge in [-0.05, 0) is 92.0 Å². The monoisotopic (exact) mass is 790 g/mol. The molecule has 0 saturated heterocycles. The molecule has 5 heteroatoms. The van der Waals surface area contributed by atoms with E-state index in [2.05, 4.69) is 180 Å². The Hall–Kier alpha value is -8.41. The molecule has 0 spiro atoms. The van der Waals surface area contributed by atoms with Crippen LogP contribution in [-0.2, 0) is 0 Å². The molecule has 0 aliphatic heterocycles. The van der Waals surface area contributed by atoms with Crippen LogP contribution >= 0.6 is 0 Å². The lowest BCUT2D eigenvalue weighted by Crippen LogP contribution is -2.01. The van der Waals surface area contributed by atoms with Crippen LogP contribution in [0.3, 0.4) is 0 Å². The highest BCUT2D eigenvalue weighted by atomic mass is 16.3. The highest BCUT2D eigenvalue weighted by Crippen LogP contribution is 2.43. The van der Waals surface area contributed by atoms with Gasteiger partial charge in [0, 0.05) is 43.9 Å². The van der Waals surface area contributed by atoms with E-state index >= 15 is 0 Å². The number of aromatic nitrogens is 4. The molecule has 13 rings (SSSR count). The maximum atomic E-state index is 6.71. The van der Waals surface area contributed by atoms with Crippen LogP contribution in [-0.4, -0.2) is 19.5 Å². The summed E-state index contributed by atoms with van der Waals surface area (Å²) in [5.41, 5.74) is 10.0. The molecule has 13 aromatic rings. The maximum absolute atomic E-state index is 6.71. The fourth-order valence-electron chi connectivity index (χ4n) is 9.58. The Bertz CT molecular complexity index is 3920. The Balaban J connectivity index is 1.09. The average molecular weight is 791 g/mol. The van der Waals surface area contributed by atoms with Crippen molar-refractivity contribution in [2.24, 2.45) is 0 Å². The number of hydrogen-bond donors (Lipinski definition) is 0. The molecule has 0 fully saturated rings. The summed E-state index contributed by atoms with van der Waals surface area (Å²) in [4.78, 5) is 15.9. The maximum Gasteiger partial charge on any atom is 0.164 e. The molecule has 3 heterocycles. The lowest BCUT2D eigenvalue weighted by atomic mass is 9.94. The van der Waals surface area contributed by atoms with E-state index in [1.807, 2.05) is 30.3 Å². The van der Waals surface area contributed by atoms with Gasteiger partial charge in [-0.2, -0.15) is 0 Å². The molecule has 0 aliphatic rings. The van der Waals surface area contributed by atoms with Crippen LogP contribution in [0.5, 0.6) is 0 Å². The summed E-state index contributed by atoms with van der Waals surface area (Å²) in [6.45, 7) is 0. The Kier molecular flexibility index (Phi) is 7.54. The van der Waals surface area contributed by atoms with E-state index in [4.69, 9.17) is 19.4 Å². The van der Waals surface area contributed by atoms with Crippen LogP contribution < -0.4 is 0 Å². The topological polar surface area (TPSA) is 56.7 Å². The first kappa shape index (κ1) is 34.5. The molecule has 3 aromatic heterocycles. The van der Waals surface area contributed by atoms with Crippen LogP contribution in [0.4, 0.5) is 0 Å². The molecule has 0 amide bonds. The zero-order chi connectivity index (χ0) is 40.7. The lowest BCUT2D eigenvalue weighted by molar-refractivity contribution is 0.669. The van der Waals surface area contributed by atoms with Gasteiger partial charge in [0.15, 0.2) is 17.5 Å². The third kappa shape index (κ3) is 5.32. The van der Waals surface area contributed by atoms with E-state index in [1.54, 1.807) is 0 Å². The van der Waals surface area contributed by atoms with Crippen molar-refractivity contribution in [1.29, 1.82) is 0 Å². The number of rotatable bonds is 5. The fraction of sp³-hybridized carbons (Fsp3) is 0. The number of hydrogen-bond acceptors (Lipinski definition) is 4. The zero-order valence-corrected chi connectivity index (χ0v) is 33.3. The predicted octanol–water partition coefficient (Wildman–Crippen LogP) is 15.0. The summed E-state index contributed by atoms with van der Waals surface area (Å²) in [5.74, 6) is 1.79. The first-order valence-electron chi connectivity index (χ1n) is 20.9. The molecule has 62 heavy (non-hydrogen) atoms. The third-order valence-electron chi connectivity index (χ3n) is 12.4. The minimum absolute atomic E-state index is 0.577. The number of benzene rings is 10. The van der Waals surface area contributed by atoms with E-state index < -0.39 is 0 Å². The van der Waals surface area contributed by atoms with E-state index in [0.717, 1.165) is 88.0 Å². The molecule has 0 N–H and O–H groups in total. The molecular weight excluding hydrogens is 757 g/mol. The largest absolute Gasteiger partial charge is 0.456 e. The number of para-hydroxylation sites is 2. The molecule has 0 unspecified atom stereocenters. The molecule has 288 valence electrons. The van der Waals surface area contributed by atoms with Gasteiger partial charge in [0.2, 0.25) is 0 Å². The summed E-state index contributed by atoms with van der Waals surface area (Å²) in [6, 6.07) is 72.7. The van der Waals surface area contributed by atoms with Crippen LogP contribution in [0.2, 0.25) is 0 Å². The van der Waals surface area contributed by atoms with Crippen LogP contribution in [0, 0.1) is 0 Å². The van der Waals surface area contributed by atoms with Gasteiger partial charge in [-0.3, -0.25) is 0 Å². The molecule has 0 bridgehead atoms. The quantitative estimate of drug-likeness (QED) is 0.174. The van der Waals surface area contributed by atoms with Crippen LogP contribution in [0.1, 0.15) is 0 Å². The standard InChI is InChI=1S/C57H34N4O/c1-3-15-35(16-4-1)40-29-30-45(42-22-10-9-21-41(40)42)56-58-55(36-17-5-2-6-18-36)59-57(60-56)49-34-53-54(46-24-12-14-26-52(46)62-53)48-33-39(27-28-43(48)49)61-50-25-13-11-23-44(50)47-31-37-19-7-8-20-38(37)32-51(47)61/h1-34H. The van der Waals surface area contributed by atoms with E-state index in [0.29, 0.717) is 17.5 Å². The third-order valence-corrected chi connectivity index (χ3v) is 12.4. The van der Waals surface area contributed by atoms with Crippen molar-refractivity contribution >= 4 is 76.1 Å². The number of fused-ring (bicyclic) bond motifs is 10. The molecular formula is C57H34N4O. The minimum atomic E-state index is 0.577. The smallest absolute Gasteiger partial charge is 0.164 e. The first-order valence-corrected chi connectivity index (χ1v) is 20.9. The van der Waals surface area contributed by atoms with Gasteiger partial charge in [-0.25, -0.2) is 15.0 Å². The number of nitrogens with zero attached hydrogens (tertiary/aromatic N) is 4. The lowest BCUT2D eigenvalue weighted by Gasteiger charge is -2.15. The SMILES string of the molecule is c1ccc(-c2nc(-c3ccc(-c4ccccc4)c4ccccc34)nc(-c3cc4oc5ccccc5c4c4cc(-n5c6ccccc6c6cc7ccccc7cc65)ccc34)n2)cc1. The highest BCUT2D eigenvalue weighted by Gasteiger charge is 2.22. The number of furan rings is 1. The first-order chi connectivity index (χ1) is 30.7. The molecule has 0 saturated carbocycles. The second-order valence-corrected chi connectivity index (χ2v) is 15.9. The zero-order valence-electron chi connectivity index (χ0n) is 33.3. The van der Waals surface area contributed by atoms with Gasteiger partial charge in [0.1, 0.15) is 11.2 Å². The summed E-state index contributed by atoms with van der Waals surface area (Å²) in [6.07, 6.45) is 0. The highest BCUT2D eigenvalue weighted by molar-refractivity contribution is 6.22. The second-order valence-electron chi connectivity index (χ2n) is 15.9. The van der Waals surface area contributed by atoms with Crippen molar-refractivity contribution < 1.29 is 4.42 Å². The van der Waals surface area contributed by atoms with Gasteiger partial charge in [0.05, 0.1) is 11.0 Å². The molecule has 0 aliphatic carbocycles. The van der Waals surface area contributed by atoms with Crippen molar-refractivity contribution in [3.8, 4) is 51.0 Å². The molecule has 5 nitrogen and oxygen atoms in total. The van der Waals surface area contributed by atoms with E-state index in [9.17, 15) is 0 Å². The summed E-state index contributed by atoms with van der Waals surface area (Å²) < 4.78 is 9.11. The van der Waals surface area contributed by atoms with Crippen molar-refractivity contribution in [3.63, 3.8) is 0 Å². The van der Waals surface area contributed by atoms with Gasteiger partial charge in [0.25, 0.3) is 0 Å². The minimum Gasteiger partial charge on any atom is -0.456 e. The Morgan fingerprint density at radius 1 is 0.323 bits per heavy atom. The Morgan fingerprint density at radius 2 is 0.903 bits per heavy atom. The molecule has 0 radical (unpaired) electrons. The predicted molar refractivity (Wildman–Crippen MR) is 256 cm³/mol. The summed E-state index contributed by atoms with van der Waals surface area (Å²) in [7, 11) is 0. The van der Waals surface area contributed by atoms with E-state index in [-0.39, 0.29) is 0 Å². The van der Waals surface area contributed by atoms with Gasteiger partial charge in [-0.1, -0.05) is 158 Å². The van der Waals surface area contributed by atoms with Crippen LogP contribution in [0.25, 0.3) is 127 Å². The van der Waals surface area contributed by atoms with Crippen molar-refractivity contribution in [2.45, 2.75) is 0 Å². The Labute approximate surface area is 355 Å². The molecule has 0 atom stereocenters. The van der Waals surface area contributed by atoms with Crippen molar-refractivity contribution in [1.82, 2.24) is 19.5 Å². The average Bonchev–Trinajstić information content (AvgIpc) is 3.88. The van der Waals surface area contributed by atoms with Crippen molar-refractivity contribution in [2.75, 3.05) is 0 Å². The summed E-state index contributed by atoms with van der Waals surface area (Å²) >= 11 is 0. The van der Waals surface area contributed by atoms with Crippen LogP contribution in [0.15, 0.2) is 211 Å². The Morgan fingerprint density at radius 3 is 1.69 bits per heavy atom. The van der Waals surface area contributed by atoms with Gasteiger partial charge < -0.3 is 8.98 Å². The van der Waals surface area contributed by atoms with Gasteiger partial charge in [-0.15, -0.1) is 0 Å². The normalized spacial score (nSPS) is 11.9. The van der Waals surface area contributed by atoms with Gasteiger partial charge >= 0.3 is 0 Å². The summed E-state index contributed by atoms with van der Waals surface area (Å²) in [5, 5.41) is 11.3. The second kappa shape index (κ2) is 13.6.